The zero-order valence-electron chi connectivity index (χ0n) is 11.1. The normalized spacial score (nSPS) is 14.0. The van der Waals surface area contributed by atoms with Gasteiger partial charge in [0.15, 0.2) is 0 Å². The minimum Gasteiger partial charge on any atom is -0.383 e. The van der Waals surface area contributed by atoms with Crippen molar-refractivity contribution in [3.05, 3.63) is 51.4 Å². The van der Waals surface area contributed by atoms with E-state index in [1.807, 2.05) is 24.3 Å². The standard InChI is InChI=1S/C14H13N3O3S/c18-14(12-6-7-13(21-12)17(19)20)16-9-3-8-15-10-4-1-2-5-11(10)16/h1-2,4-7,15H,3,8-9H2. The highest BCUT2D eigenvalue weighted by Gasteiger charge is 2.24. The van der Waals surface area contributed by atoms with E-state index in [-0.39, 0.29) is 10.9 Å². The van der Waals surface area contributed by atoms with Gasteiger partial charge in [0.2, 0.25) is 0 Å². The minimum atomic E-state index is -0.473. The predicted octanol–water partition coefficient (Wildman–Crippen LogP) is 3.12. The number of hydrogen-bond donors (Lipinski definition) is 1. The van der Waals surface area contributed by atoms with Gasteiger partial charge in [-0.1, -0.05) is 23.5 Å². The first-order chi connectivity index (χ1) is 10.2. The number of thiophene rings is 1. The average Bonchev–Trinajstić information content (AvgIpc) is 2.88. The van der Waals surface area contributed by atoms with Gasteiger partial charge < -0.3 is 10.2 Å². The van der Waals surface area contributed by atoms with Gasteiger partial charge in [-0.25, -0.2) is 0 Å². The Morgan fingerprint density at radius 1 is 1.29 bits per heavy atom. The molecule has 1 aromatic heterocycles. The summed E-state index contributed by atoms with van der Waals surface area (Å²) in [5.74, 6) is -0.191. The van der Waals surface area contributed by atoms with E-state index in [0.717, 1.165) is 35.7 Å². The van der Waals surface area contributed by atoms with Crippen LogP contribution in [0.4, 0.5) is 16.4 Å². The van der Waals surface area contributed by atoms with Crippen molar-refractivity contribution in [2.24, 2.45) is 0 Å². The van der Waals surface area contributed by atoms with Crippen LogP contribution in [0.3, 0.4) is 0 Å². The number of amides is 1. The van der Waals surface area contributed by atoms with E-state index in [1.165, 1.54) is 12.1 Å². The quantitative estimate of drug-likeness (QED) is 0.683. The van der Waals surface area contributed by atoms with Crippen LogP contribution in [-0.4, -0.2) is 23.9 Å². The summed E-state index contributed by atoms with van der Waals surface area (Å²) in [4.78, 5) is 25.0. The molecule has 3 rings (SSSR count). The number of anilines is 2. The molecule has 7 heteroatoms. The van der Waals surface area contributed by atoms with E-state index in [0.29, 0.717) is 11.4 Å². The molecule has 0 spiro atoms. The van der Waals surface area contributed by atoms with Crippen LogP contribution >= 0.6 is 11.3 Å². The summed E-state index contributed by atoms with van der Waals surface area (Å²) >= 11 is 0.914. The molecule has 21 heavy (non-hydrogen) atoms. The molecule has 0 unspecified atom stereocenters. The highest BCUT2D eigenvalue weighted by Crippen LogP contribution is 2.31. The Hall–Kier alpha value is -2.41. The van der Waals surface area contributed by atoms with Crippen molar-refractivity contribution >= 4 is 33.6 Å². The van der Waals surface area contributed by atoms with E-state index in [1.54, 1.807) is 4.90 Å². The number of nitrogens with zero attached hydrogens (tertiary/aromatic N) is 2. The maximum Gasteiger partial charge on any atom is 0.324 e. The summed E-state index contributed by atoms with van der Waals surface area (Å²) in [5, 5.41) is 14.0. The number of nitrogens with one attached hydrogen (secondary N) is 1. The lowest BCUT2D eigenvalue weighted by molar-refractivity contribution is -0.380. The molecule has 0 radical (unpaired) electrons. The summed E-state index contributed by atoms with van der Waals surface area (Å²) in [6, 6.07) is 10.5. The lowest BCUT2D eigenvalue weighted by atomic mass is 10.2. The first-order valence-corrected chi connectivity index (χ1v) is 7.37. The molecule has 1 aromatic carbocycles. The second-order valence-corrected chi connectivity index (χ2v) is 5.71. The maximum atomic E-state index is 12.6. The molecule has 6 nitrogen and oxygen atoms in total. The van der Waals surface area contributed by atoms with Gasteiger partial charge in [-0.15, -0.1) is 0 Å². The molecule has 0 aliphatic carbocycles. The summed E-state index contributed by atoms with van der Waals surface area (Å²) in [5.41, 5.74) is 1.73. The van der Waals surface area contributed by atoms with Crippen LogP contribution in [0, 0.1) is 10.1 Å². The molecule has 0 bridgehead atoms. The van der Waals surface area contributed by atoms with E-state index >= 15 is 0 Å². The van der Waals surface area contributed by atoms with Gasteiger partial charge in [-0.05, 0) is 24.6 Å². The molecular weight excluding hydrogens is 290 g/mol. The fraction of sp³-hybridized carbons (Fsp3) is 0.214. The molecule has 0 fully saturated rings. The third-order valence-electron chi connectivity index (χ3n) is 3.30. The molecule has 1 aliphatic rings. The fourth-order valence-corrected chi connectivity index (χ4v) is 3.09. The monoisotopic (exact) mass is 303 g/mol. The van der Waals surface area contributed by atoms with Crippen LogP contribution in [0.15, 0.2) is 36.4 Å². The average molecular weight is 303 g/mol. The van der Waals surface area contributed by atoms with Gasteiger partial charge in [0.1, 0.15) is 0 Å². The molecule has 2 heterocycles. The van der Waals surface area contributed by atoms with Gasteiger partial charge >= 0.3 is 5.00 Å². The Bertz CT molecular complexity index is 698. The van der Waals surface area contributed by atoms with E-state index in [9.17, 15) is 14.9 Å². The van der Waals surface area contributed by atoms with E-state index < -0.39 is 4.92 Å². The molecule has 0 atom stereocenters. The predicted molar refractivity (Wildman–Crippen MR) is 82.2 cm³/mol. The van der Waals surface area contributed by atoms with Crippen molar-refractivity contribution in [1.82, 2.24) is 0 Å². The molecule has 1 amide bonds. The summed E-state index contributed by atoms with van der Waals surface area (Å²) in [6.07, 6.45) is 0.827. The van der Waals surface area contributed by atoms with Gasteiger partial charge in [0, 0.05) is 19.2 Å². The second kappa shape index (κ2) is 5.53. The van der Waals surface area contributed by atoms with Crippen LogP contribution in [0.2, 0.25) is 0 Å². The first-order valence-electron chi connectivity index (χ1n) is 6.56. The number of benzene rings is 1. The first kappa shape index (κ1) is 13.6. The molecule has 1 aliphatic heterocycles. The van der Waals surface area contributed by atoms with Crippen LogP contribution < -0.4 is 10.2 Å². The van der Waals surface area contributed by atoms with Crippen LogP contribution in [0.5, 0.6) is 0 Å². The lowest BCUT2D eigenvalue weighted by Gasteiger charge is -2.21. The van der Waals surface area contributed by atoms with E-state index in [2.05, 4.69) is 5.32 Å². The van der Waals surface area contributed by atoms with Crippen LogP contribution in [0.1, 0.15) is 16.1 Å². The van der Waals surface area contributed by atoms with Crippen molar-refractivity contribution in [3.8, 4) is 0 Å². The zero-order valence-corrected chi connectivity index (χ0v) is 11.9. The molecule has 1 N–H and O–H groups in total. The second-order valence-electron chi connectivity index (χ2n) is 4.65. The number of carbonyl (C=O) groups is 1. The molecule has 0 saturated carbocycles. The third-order valence-corrected chi connectivity index (χ3v) is 4.32. The van der Waals surface area contributed by atoms with Gasteiger partial charge in [0.25, 0.3) is 5.91 Å². The molecular formula is C14H13N3O3S. The Labute approximate surface area is 125 Å². The van der Waals surface area contributed by atoms with E-state index in [4.69, 9.17) is 0 Å². The highest BCUT2D eigenvalue weighted by molar-refractivity contribution is 7.17. The van der Waals surface area contributed by atoms with Gasteiger partial charge in [-0.2, -0.15) is 0 Å². The van der Waals surface area contributed by atoms with Gasteiger partial charge in [-0.3, -0.25) is 14.9 Å². The van der Waals surface area contributed by atoms with Crippen molar-refractivity contribution in [3.63, 3.8) is 0 Å². The summed E-state index contributed by atoms with van der Waals surface area (Å²) < 4.78 is 0. The summed E-state index contributed by atoms with van der Waals surface area (Å²) in [6.45, 7) is 1.39. The Balaban J connectivity index is 1.95. The van der Waals surface area contributed by atoms with Gasteiger partial charge in [0.05, 0.1) is 21.2 Å². The molecule has 0 saturated heterocycles. The van der Waals surface area contributed by atoms with Crippen molar-refractivity contribution < 1.29 is 9.72 Å². The Morgan fingerprint density at radius 3 is 2.86 bits per heavy atom. The zero-order chi connectivity index (χ0) is 14.8. The maximum absolute atomic E-state index is 12.6. The largest absolute Gasteiger partial charge is 0.383 e. The smallest absolute Gasteiger partial charge is 0.324 e. The molecule has 108 valence electrons. The highest BCUT2D eigenvalue weighted by atomic mass is 32.1. The van der Waals surface area contributed by atoms with Crippen LogP contribution in [0.25, 0.3) is 0 Å². The van der Waals surface area contributed by atoms with Crippen molar-refractivity contribution in [2.45, 2.75) is 6.42 Å². The number of nitro groups is 1. The number of hydrogen-bond acceptors (Lipinski definition) is 5. The third kappa shape index (κ3) is 2.59. The number of para-hydroxylation sites is 2. The summed E-state index contributed by atoms with van der Waals surface area (Å²) in [7, 11) is 0. The topological polar surface area (TPSA) is 75.5 Å². The van der Waals surface area contributed by atoms with Crippen molar-refractivity contribution in [2.75, 3.05) is 23.3 Å². The fourth-order valence-electron chi connectivity index (χ4n) is 2.32. The minimum absolute atomic E-state index is 0.0143. The Kier molecular flexibility index (Phi) is 3.57. The Morgan fingerprint density at radius 2 is 2.10 bits per heavy atom. The number of carbonyl (C=O) groups excluding carboxylic acids is 1. The number of fused-ring (bicyclic) bond motifs is 1. The van der Waals surface area contributed by atoms with Crippen LogP contribution in [-0.2, 0) is 0 Å². The molecule has 2 aromatic rings. The van der Waals surface area contributed by atoms with Crippen molar-refractivity contribution in [1.29, 1.82) is 0 Å². The number of rotatable bonds is 2. The SMILES string of the molecule is O=C(c1ccc([N+](=O)[O-])s1)N1CCCNc2ccccc21. The lowest BCUT2D eigenvalue weighted by Crippen LogP contribution is -2.30.